The van der Waals surface area contributed by atoms with Crippen molar-refractivity contribution in [3.05, 3.63) is 42.2 Å². The lowest BCUT2D eigenvalue weighted by molar-refractivity contribution is 0.0467. The lowest BCUT2D eigenvalue weighted by Crippen LogP contribution is -2.50. The molecule has 3 rings (SSSR count). The second kappa shape index (κ2) is 7.67. The number of amides is 1. The van der Waals surface area contributed by atoms with Crippen LogP contribution in [0.1, 0.15) is 0 Å². The third kappa shape index (κ3) is 4.18. The van der Waals surface area contributed by atoms with Crippen LogP contribution >= 0.6 is 0 Å². The van der Waals surface area contributed by atoms with Crippen LogP contribution in [0.2, 0.25) is 0 Å². The molecule has 0 radical (unpaired) electrons. The van der Waals surface area contributed by atoms with E-state index in [0.29, 0.717) is 43.9 Å². The van der Waals surface area contributed by atoms with Crippen LogP contribution in [0.5, 0.6) is 5.75 Å². The minimum absolute atomic E-state index is 0.0482. The summed E-state index contributed by atoms with van der Waals surface area (Å²) in [7, 11) is 0. The maximum Gasteiger partial charge on any atom is 0.407 e. The molecule has 1 unspecified atom stereocenters. The van der Waals surface area contributed by atoms with Gasteiger partial charge in [0, 0.05) is 32.7 Å². The molecule has 1 heterocycles. The van der Waals surface area contributed by atoms with E-state index in [2.05, 4.69) is 0 Å². The predicted molar refractivity (Wildman–Crippen MR) is 91.4 cm³/mol. The number of hydrogen-bond acceptors (Lipinski definition) is 4. The first-order valence-electron chi connectivity index (χ1n) is 8.23. The number of carboxylic acid groups (broad SMARTS) is 1. The van der Waals surface area contributed by atoms with E-state index in [0.717, 1.165) is 5.39 Å². The van der Waals surface area contributed by atoms with Crippen LogP contribution in [-0.4, -0.2) is 71.5 Å². The number of nitrogens with zero attached hydrogens (tertiary/aromatic N) is 2. The van der Waals surface area contributed by atoms with Gasteiger partial charge in [0.2, 0.25) is 0 Å². The Balaban J connectivity index is 1.55. The van der Waals surface area contributed by atoms with Gasteiger partial charge in [-0.05, 0) is 17.5 Å². The Labute approximate surface area is 145 Å². The molecule has 0 aromatic heterocycles. The third-order valence-corrected chi connectivity index (χ3v) is 4.36. The highest BCUT2D eigenvalue weighted by Crippen LogP contribution is 2.28. The number of benzene rings is 2. The summed E-state index contributed by atoms with van der Waals surface area (Å²) in [4.78, 5) is 14.2. The number of carbonyl (C=O) groups is 1. The van der Waals surface area contributed by atoms with Gasteiger partial charge in [-0.3, -0.25) is 4.90 Å². The molecule has 1 amide bonds. The number of aliphatic hydroxyl groups is 1. The maximum absolute atomic E-state index is 14.0. The normalized spacial score (nSPS) is 16.8. The van der Waals surface area contributed by atoms with Crippen LogP contribution < -0.4 is 4.74 Å². The van der Waals surface area contributed by atoms with Gasteiger partial charge < -0.3 is 19.8 Å². The van der Waals surface area contributed by atoms with Crippen molar-refractivity contribution in [2.75, 3.05) is 39.3 Å². The topological polar surface area (TPSA) is 73.2 Å². The molecule has 2 aromatic rings. The average molecular weight is 348 g/mol. The Morgan fingerprint density at radius 3 is 2.52 bits per heavy atom. The van der Waals surface area contributed by atoms with Gasteiger partial charge in [0.05, 0.1) is 5.39 Å². The Hall–Kier alpha value is -2.38. The number of β-amino-alcohol motifs (C(OH)–C–C–N with tert-alkyl or cyclic N) is 1. The zero-order valence-corrected chi connectivity index (χ0v) is 13.8. The lowest BCUT2D eigenvalue weighted by atomic mass is 10.1. The SMILES string of the molecule is O=C(O)N1CCN(CC(O)COc2cccc3cccc(F)c23)CC1. The zero-order chi connectivity index (χ0) is 17.8. The highest BCUT2D eigenvalue weighted by molar-refractivity contribution is 5.88. The summed E-state index contributed by atoms with van der Waals surface area (Å²) >= 11 is 0. The molecule has 1 atom stereocenters. The Kier molecular flexibility index (Phi) is 5.35. The molecule has 134 valence electrons. The van der Waals surface area contributed by atoms with Crippen molar-refractivity contribution in [1.29, 1.82) is 0 Å². The summed E-state index contributed by atoms with van der Waals surface area (Å²) in [5.41, 5.74) is 0. The fourth-order valence-electron chi connectivity index (χ4n) is 3.04. The summed E-state index contributed by atoms with van der Waals surface area (Å²) < 4.78 is 19.7. The molecular weight excluding hydrogens is 327 g/mol. The molecule has 1 saturated heterocycles. The fourth-order valence-corrected chi connectivity index (χ4v) is 3.04. The van der Waals surface area contributed by atoms with Crippen molar-refractivity contribution in [2.24, 2.45) is 0 Å². The second-order valence-electron chi connectivity index (χ2n) is 6.13. The number of fused-ring (bicyclic) bond motifs is 1. The molecule has 25 heavy (non-hydrogen) atoms. The van der Waals surface area contributed by atoms with Gasteiger partial charge in [-0.2, -0.15) is 0 Å². The third-order valence-electron chi connectivity index (χ3n) is 4.36. The standard InChI is InChI=1S/C18H21FN2O4/c19-15-5-1-3-13-4-2-6-16(17(13)15)25-12-14(22)11-20-7-9-21(10-8-20)18(23)24/h1-6,14,22H,7-12H2,(H,23,24). The summed E-state index contributed by atoms with van der Waals surface area (Å²) in [5, 5.41) is 20.3. The fraction of sp³-hybridized carbons (Fsp3) is 0.389. The number of piperazine rings is 1. The summed E-state index contributed by atoms with van der Waals surface area (Å²) in [6.45, 7) is 2.45. The van der Waals surface area contributed by atoms with Crippen LogP contribution in [0.25, 0.3) is 10.8 Å². The first-order valence-corrected chi connectivity index (χ1v) is 8.23. The zero-order valence-electron chi connectivity index (χ0n) is 13.8. The van der Waals surface area contributed by atoms with Crippen molar-refractivity contribution >= 4 is 16.9 Å². The van der Waals surface area contributed by atoms with Crippen molar-refractivity contribution in [1.82, 2.24) is 9.80 Å². The number of halogens is 1. The van der Waals surface area contributed by atoms with Gasteiger partial charge in [0.1, 0.15) is 24.3 Å². The van der Waals surface area contributed by atoms with E-state index in [-0.39, 0.29) is 12.4 Å². The van der Waals surface area contributed by atoms with Crippen LogP contribution in [0.15, 0.2) is 36.4 Å². The van der Waals surface area contributed by atoms with Gasteiger partial charge in [0.25, 0.3) is 0 Å². The minimum atomic E-state index is -0.915. The van der Waals surface area contributed by atoms with E-state index in [4.69, 9.17) is 9.84 Å². The minimum Gasteiger partial charge on any atom is -0.490 e. The van der Waals surface area contributed by atoms with E-state index >= 15 is 0 Å². The van der Waals surface area contributed by atoms with Crippen LogP contribution in [-0.2, 0) is 0 Å². The molecule has 0 saturated carbocycles. The van der Waals surface area contributed by atoms with E-state index in [1.165, 1.54) is 11.0 Å². The first kappa shape index (κ1) is 17.4. The molecule has 1 aliphatic rings. The van der Waals surface area contributed by atoms with Gasteiger partial charge >= 0.3 is 6.09 Å². The predicted octanol–water partition coefficient (Wildman–Crippen LogP) is 2.01. The van der Waals surface area contributed by atoms with Crippen LogP contribution in [0.3, 0.4) is 0 Å². The Morgan fingerprint density at radius 1 is 1.16 bits per heavy atom. The molecule has 0 aliphatic carbocycles. The quantitative estimate of drug-likeness (QED) is 0.865. The number of hydrogen-bond donors (Lipinski definition) is 2. The van der Waals surface area contributed by atoms with Gasteiger partial charge in [-0.15, -0.1) is 0 Å². The number of ether oxygens (including phenoxy) is 1. The highest BCUT2D eigenvalue weighted by atomic mass is 19.1. The summed E-state index contributed by atoms with van der Waals surface area (Å²) in [6, 6.07) is 10.1. The van der Waals surface area contributed by atoms with E-state index in [9.17, 15) is 14.3 Å². The summed E-state index contributed by atoms with van der Waals surface area (Å²) in [5.74, 6) is 0.0535. The van der Waals surface area contributed by atoms with E-state index in [1.54, 1.807) is 18.2 Å². The highest BCUT2D eigenvalue weighted by Gasteiger charge is 2.22. The Morgan fingerprint density at radius 2 is 1.84 bits per heavy atom. The second-order valence-corrected chi connectivity index (χ2v) is 6.13. The largest absolute Gasteiger partial charge is 0.490 e. The van der Waals surface area contributed by atoms with Crippen LogP contribution in [0.4, 0.5) is 9.18 Å². The maximum atomic E-state index is 14.0. The monoisotopic (exact) mass is 348 g/mol. The van der Waals surface area contributed by atoms with Crippen molar-refractivity contribution < 1.29 is 24.1 Å². The molecule has 2 aromatic carbocycles. The van der Waals surface area contributed by atoms with Gasteiger partial charge in [-0.1, -0.05) is 24.3 Å². The molecule has 2 N–H and O–H groups in total. The van der Waals surface area contributed by atoms with Crippen molar-refractivity contribution in [3.8, 4) is 5.75 Å². The molecule has 1 fully saturated rings. The van der Waals surface area contributed by atoms with Crippen LogP contribution in [0, 0.1) is 5.82 Å². The molecular formula is C18H21FN2O4. The molecule has 6 nitrogen and oxygen atoms in total. The number of rotatable bonds is 5. The summed E-state index contributed by atoms with van der Waals surface area (Å²) in [6.07, 6.45) is -1.65. The molecule has 1 aliphatic heterocycles. The van der Waals surface area contributed by atoms with Gasteiger partial charge in [-0.25, -0.2) is 9.18 Å². The molecule has 7 heteroatoms. The Bertz CT molecular complexity index is 742. The lowest BCUT2D eigenvalue weighted by Gasteiger charge is -2.34. The molecule has 0 spiro atoms. The smallest absolute Gasteiger partial charge is 0.407 e. The van der Waals surface area contributed by atoms with Gasteiger partial charge in [0.15, 0.2) is 0 Å². The molecule has 0 bridgehead atoms. The first-order chi connectivity index (χ1) is 12.0. The van der Waals surface area contributed by atoms with Crippen molar-refractivity contribution in [3.63, 3.8) is 0 Å². The average Bonchev–Trinajstić information content (AvgIpc) is 2.60. The van der Waals surface area contributed by atoms with E-state index < -0.39 is 12.2 Å². The van der Waals surface area contributed by atoms with Crippen molar-refractivity contribution in [2.45, 2.75) is 6.10 Å². The number of aliphatic hydroxyl groups excluding tert-OH is 1. The van der Waals surface area contributed by atoms with E-state index in [1.807, 2.05) is 17.0 Å².